The summed E-state index contributed by atoms with van der Waals surface area (Å²) >= 11 is 0. The lowest BCUT2D eigenvalue weighted by atomic mass is 10.7. The first kappa shape index (κ1) is 9.84. The predicted octanol–water partition coefficient (Wildman–Crippen LogP) is -0.627. The molecule has 1 saturated heterocycles. The van der Waals surface area contributed by atoms with Crippen molar-refractivity contribution in [3.63, 3.8) is 0 Å². The Morgan fingerprint density at radius 1 is 1.70 bits per heavy atom. The minimum absolute atomic E-state index is 0.802. The Morgan fingerprint density at radius 3 is 2.30 bits per heavy atom. The second-order valence-corrected chi connectivity index (χ2v) is 1.84. The summed E-state index contributed by atoms with van der Waals surface area (Å²) in [4.78, 5) is 4.47. The summed E-state index contributed by atoms with van der Waals surface area (Å²) in [6.07, 6.45) is 0. The lowest BCUT2D eigenvalue weighted by molar-refractivity contribution is -0.0478. The van der Waals surface area contributed by atoms with Gasteiger partial charge in [0.1, 0.15) is 0 Å². The van der Waals surface area contributed by atoms with Crippen molar-refractivity contribution >= 4 is 0 Å². The topological polar surface area (TPSA) is 42.5 Å². The second kappa shape index (κ2) is 8.84. The molecule has 4 heteroatoms. The van der Waals surface area contributed by atoms with Crippen LogP contribution in [-0.2, 0) is 9.57 Å². The molecule has 1 heterocycles. The highest BCUT2D eigenvalue weighted by Gasteiger charge is 1.92. The van der Waals surface area contributed by atoms with Crippen molar-refractivity contribution < 1.29 is 9.57 Å². The highest BCUT2D eigenvalue weighted by Crippen LogP contribution is 1.73. The Kier molecular flexibility index (Phi) is 8.70. The molecule has 0 aromatic rings. The Hall–Kier alpha value is -0.160. The summed E-state index contributed by atoms with van der Waals surface area (Å²) in [5.74, 6) is 0. The fraction of sp³-hybridized carbons (Fsp3) is 1.00. The number of hydroxylamine groups is 1. The lowest BCUT2D eigenvalue weighted by Crippen LogP contribution is -2.32. The van der Waals surface area contributed by atoms with E-state index in [2.05, 4.69) is 15.6 Å². The zero-order chi connectivity index (χ0) is 7.66. The quantitative estimate of drug-likeness (QED) is 0.523. The maximum absolute atomic E-state index is 4.72. The van der Waals surface area contributed by atoms with E-state index in [1.807, 2.05) is 7.05 Å². The molecule has 10 heavy (non-hydrogen) atoms. The van der Waals surface area contributed by atoms with E-state index in [9.17, 15) is 0 Å². The molecule has 1 aliphatic rings. The maximum Gasteiger partial charge on any atom is 0.0830 e. The highest BCUT2D eigenvalue weighted by atomic mass is 16.7. The van der Waals surface area contributed by atoms with Crippen LogP contribution in [-0.4, -0.2) is 40.5 Å². The molecule has 0 aliphatic carbocycles. The van der Waals surface area contributed by atoms with Gasteiger partial charge in [-0.1, -0.05) is 0 Å². The largest absolute Gasteiger partial charge is 0.383 e. The molecular weight excluding hydrogens is 132 g/mol. The summed E-state index contributed by atoms with van der Waals surface area (Å²) in [7, 11) is 3.59. The normalized spacial score (nSPS) is 15.0. The molecule has 1 rings (SSSR count). The van der Waals surface area contributed by atoms with Gasteiger partial charge in [0.05, 0.1) is 13.2 Å². The first-order chi connectivity index (χ1) is 4.91. The summed E-state index contributed by atoms with van der Waals surface area (Å²) < 4.78 is 4.72. The molecule has 0 saturated carbocycles. The van der Waals surface area contributed by atoms with E-state index in [1.165, 1.54) is 0 Å². The third-order valence-electron chi connectivity index (χ3n) is 0.964. The fourth-order valence-corrected chi connectivity index (χ4v) is 0.306. The van der Waals surface area contributed by atoms with Crippen LogP contribution in [0.2, 0.25) is 0 Å². The molecule has 0 spiro atoms. The third-order valence-corrected chi connectivity index (χ3v) is 0.964. The Labute approximate surface area is 61.8 Å². The van der Waals surface area contributed by atoms with Crippen molar-refractivity contribution in [1.82, 2.24) is 10.8 Å². The van der Waals surface area contributed by atoms with Crippen molar-refractivity contribution in [2.75, 3.05) is 40.5 Å². The third kappa shape index (κ3) is 7.84. The van der Waals surface area contributed by atoms with Gasteiger partial charge >= 0.3 is 0 Å². The van der Waals surface area contributed by atoms with Gasteiger partial charge in [-0.3, -0.25) is 0 Å². The average Bonchev–Trinajstić information content (AvgIpc) is 1.79. The Morgan fingerprint density at radius 2 is 2.20 bits per heavy atom. The fourth-order valence-electron chi connectivity index (χ4n) is 0.306. The molecule has 0 atom stereocenters. The van der Waals surface area contributed by atoms with Gasteiger partial charge in [0.25, 0.3) is 0 Å². The van der Waals surface area contributed by atoms with E-state index >= 15 is 0 Å². The highest BCUT2D eigenvalue weighted by molar-refractivity contribution is 4.36. The van der Waals surface area contributed by atoms with Crippen LogP contribution < -0.4 is 10.8 Å². The van der Waals surface area contributed by atoms with Crippen molar-refractivity contribution in [3.05, 3.63) is 0 Å². The number of hydrogen-bond acceptors (Lipinski definition) is 4. The second-order valence-electron chi connectivity index (χ2n) is 1.84. The molecule has 4 nitrogen and oxygen atoms in total. The molecule has 0 amide bonds. The molecular formula is C6H16N2O2. The molecule has 1 fully saturated rings. The first-order valence-electron chi connectivity index (χ1n) is 3.40. The SMILES string of the molecule is C1CON1.CNCCOC. The Balaban J connectivity index is 0.000000172. The van der Waals surface area contributed by atoms with E-state index in [-0.39, 0.29) is 0 Å². The maximum atomic E-state index is 4.72. The standard InChI is InChI=1S/C4H11NO.C2H5NO/c1-5-3-4-6-2;1-2-4-3-1/h5H,3-4H2,1-2H3;3H,1-2H2. The van der Waals surface area contributed by atoms with Gasteiger partial charge in [-0.05, 0) is 7.05 Å². The van der Waals surface area contributed by atoms with Crippen molar-refractivity contribution in [2.24, 2.45) is 0 Å². The van der Waals surface area contributed by atoms with Crippen molar-refractivity contribution in [3.8, 4) is 0 Å². The number of methoxy groups -OCH3 is 1. The molecule has 62 valence electrons. The number of hydrogen-bond donors (Lipinski definition) is 2. The van der Waals surface area contributed by atoms with Crippen molar-refractivity contribution in [1.29, 1.82) is 0 Å². The van der Waals surface area contributed by atoms with Crippen LogP contribution in [0.25, 0.3) is 0 Å². The van der Waals surface area contributed by atoms with Gasteiger partial charge in [-0.15, -0.1) is 0 Å². The molecule has 0 aromatic carbocycles. The van der Waals surface area contributed by atoms with E-state index < -0.39 is 0 Å². The number of ether oxygens (including phenoxy) is 1. The zero-order valence-electron chi connectivity index (χ0n) is 6.64. The van der Waals surface area contributed by atoms with Gasteiger partial charge in [-0.2, -0.15) is 0 Å². The van der Waals surface area contributed by atoms with E-state index in [0.29, 0.717) is 0 Å². The lowest BCUT2D eigenvalue weighted by Gasteiger charge is -2.10. The van der Waals surface area contributed by atoms with Crippen LogP contribution in [0, 0.1) is 0 Å². The van der Waals surface area contributed by atoms with E-state index in [0.717, 1.165) is 26.3 Å². The van der Waals surface area contributed by atoms with Crippen LogP contribution in [0.5, 0.6) is 0 Å². The minimum Gasteiger partial charge on any atom is -0.383 e. The van der Waals surface area contributed by atoms with Crippen LogP contribution in [0.1, 0.15) is 0 Å². The van der Waals surface area contributed by atoms with E-state index in [1.54, 1.807) is 7.11 Å². The van der Waals surface area contributed by atoms with Gasteiger partial charge in [0.15, 0.2) is 0 Å². The predicted molar refractivity (Wildman–Crippen MR) is 39.8 cm³/mol. The molecule has 0 radical (unpaired) electrons. The van der Waals surface area contributed by atoms with Gasteiger partial charge in [0.2, 0.25) is 0 Å². The minimum atomic E-state index is 0.802. The smallest absolute Gasteiger partial charge is 0.0830 e. The summed E-state index contributed by atoms with van der Waals surface area (Å²) in [5, 5.41) is 2.94. The van der Waals surface area contributed by atoms with Crippen LogP contribution in [0.3, 0.4) is 0 Å². The monoisotopic (exact) mass is 148 g/mol. The van der Waals surface area contributed by atoms with E-state index in [4.69, 9.17) is 4.74 Å². The summed E-state index contributed by atoms with van der Waals surface area (Å²) in [6, 6.07) is 0. The van der Waals surface area contributed by atoms with Crippen molar-refractivity contribution in [2.45, 2.75) is 0 Å². The summed E-state index contributed by atoms with van der Waals surface area (Å²) in [6.45, 7) is 3.66. The van der Waals surface area contributed by atoms with Gasteiger partial charge < -0.3 is 14.9 Å². The molecule has 0 unspecified atom stereocenters. The number of likely N-dealkylation sites (N-methyl/N-ethyl adjacent to an activating group) is 1. The van der Waals surface area contributed by atoms with Gasteiger partial charge in [0, 0.05) is 20.2 Å². The van der Waals surface area contributed by atoms with Gasteiger partial charge in [-0.25, -0.2) is 5.48 Å². The molecule has 0 bridgehead atoms. The Bertz CT molecular complexity index is 49.7. The molecule has 2 N–H and O–H groups in total. The summed E-state index contributed by atoms with van der Waals surface area (Å²) in [5.41, 5.74) is 2.61. The number of rotatable bonds is 3. The molecule has 1 aliphatic heterocycles. The van der Waals surface area contributed by atoms with Crippen LogP contribution in [0.4, 0.5) is 0 Å². The molecule has 0 aromatic heterocycles. The van der Waals surface area contributed by atoms with Crippen LogP contribution in [0.15, 0.2) is 0 Å². The average molecular weight is 148 g/mol. The first-order valence-corrected chi connectivity index (χ1v) is 3.40. The number of nitrogens with one attached hydrogen (secondary N) is 2. The van der Waals surface area contributed by atoms with Crippen LogP contribution >= 0.6 is 0 Å². The zero-order valence-corrected chi connectivity index (χ0v) is 6.64.